The number of aromatic nitrogens is 1. The quantitative estimate of drug-likeness (QED) is 0.824. The Labute approximate surface area is 83.7 Å². The van der Waals surface area contributed by atoms with E-state index >= 15 is 0 Å². The van der Waals surface area contributed by atoms with Gasteiger partial charge in [-0.3, -0.25) is 0 Å². The molecule has 0 amide bonds. The SMILES string of the molecule is CC(Oc1cccnc1Br)C(=O)O. The third-order valence-electron chi connectivity index (χ3n) is 1.38. The molecule has 0 aliphatic carbocycles. The van der Waals surface area contributed by atoms with Crippen LogP contribution in [0.5, 0.6) is 5.75 Å². The molecule has 5 heteroatoms. The summed E-state index contributed by atoms with van der Waals surface area (Å²) in [6, 6.07) is 3.32. The van der Waals surface area contributed by atoms with Crippen molar-refractivity contribution in [3.8, 4) is 5.75 Å². The van der Waals surface area contributed by atoms with Gasteiger partial charge in [0.2, 0.25) is 0 Å². The van der Waals surface area contributed by atoms with Crippen molar-refractivity contribution in [1.29, 1.82) is 0 Å². The van der Waals surface area contributed by atoms with E-state index in [2.05, 4.69) is 20.9 Å². The second-order valence-corrected chi connectivity index (χ2v) is 3.14. The van der Waals surface area contributed by atoms with Crippen molar-refractivity contribution in [3.63, 3.8) is 0 Å². The van der Waals surface area contributed by atoms with Gasteiger partial charge in [0.25, 0.3) is 0 Å². The molecule has 4 nitrogen and oxygen atoms in total. The van der Waals surface area contributed by atoms with Gasteiger partial charge >= 0.3 is 5.97 Å². The zero-order valence-corrected chi connectivity index (χ0v) is 8.48. The van der Waals surface area contributed by atoms with Crippen molar-refractivity contribution in [2.45, 2.75) is 13.0 Å². The molecule has 0 radical (unpaired) electrons. The van der Waals surface area contributed by atoms with E-state index in [4.69, 9.17) is 9.84 Å². The van der Waals surface area contributed by atoms with Crippen LogP contribution in [0.4, 0.5) is 0 Å². The number of hydrogen-bond acceptors (Lipinski definition) is 3. The molecule has 13 heavy (non-hydrogen) atoms. The molecule has 1 aromatic heterocycles. The third-order valence-corrected chi connectivity index (χ3v) is 1.97. The Morgan fingerprint density at radius 3 is 3.00 bits per heavy atom. The molecule has 0 aromatic carbocycles. The van der Waals surface area contributed by atoms with Crippen molar-refractivity contribution in [2.75, 3.05) is 0 Å². The van der Waals surface area contributed by atoms with Gasteiger partial charge in [-0.2, -0.15) is 0 Å². The summed E-state index contributed by atoms with van der Waals surface area (Å²) in [5.74, 6) is -0.576. The smallest absolute Gasteiger partial charge is 0.344 e. The van der Waals surface area contributed by atoms with Crippen molar-refractivity contribution in [3.05, 3.63) is 22.9 Å². The number of carbonyl (C=O) groups is 1. The van der Waals surface area contributed by atoms with E-state index in [-0.39, 0.29) is 0 Å². The average Bonchev–Trinajstić information content (AvgIpc) is 2.08. The zero-order valence-electron chi connectivity index (χ0n) is 6.90. The molecule has 1 rings (SSSR count). The highest BCUT2D eigenvalue weighted by Gasteiger charge is 2.13. The van der Waals surface area contributed by atoms with E-state index in [1.165, 1.54) is 6.92 Å². The molecule has 1 atom stereocenters. The molecule has 0 aliphatic heterocycles. The predicted octanol–water partition coefficient (Wildman–Crippen LogP) is 1.70. The number of hydrogen-bond donors (Lipinski definition) is 1. The van der Waals surface area contributed by atoms with Gasteiger partial charge in [0.1, 0.15) is 4.60 Å². The predicted molar refractivity (Wildman–Crippen MR) is 49.7 cm³/mol. The van der Waals surface area contributed by atoms with E-state index in [1.54, 1.807) is 18.3 Å². The van der Waals surface area contributed by atoms with Crippen LogP contribution >= 0.6 is 15.9 Å². The summed E-state index contributed by atoms with van der Waals surface area (Å²) in [7, 11) is 0. The lowest BCUT2D eigenvalue weighted by Crippen LogP contribution is -2.23. The van der Waals surface area contributed by atoms with Crippen LogP contribution in [0.15, 0.2) is 22.9 Å². The fourth-order valence-electron chi connectivity index (χ4n) is 0.700. The van der Waals surface area contributed by atoms with E-state index in [0.29, 0.717) is 10.4 Å². The molecule has 0 bridgehead atoms. The van der Waals surface area contributed by atoms with Crippen molar-refractivity contribution in [2.24, 2.45) is 0 Å². The van der Waals surface area contributed by atoms with Crippen LogP contribution in [-0.4, -0.2) is 22.2 Å². The fraction of sp³-hybridized carbons (Fsp3) is 0.250. The summed E-state index contributed by atoms with van der Waals surface area (Å²) in [5, 5.41) is 8.57. The first kappa shape index (κ1) is 9.98. The summed E-state index contributed by atoms with van der Waals surface area (Å²) in [5.41, 5.74) is 0. The number of pyridine rings is 1. The zero-order chi connectivity index (χ0) is 9.84. The summed E-state index contributed by atoms with van der Waals surface area (Å²) >= 11 is 3.14. The van der Waals surface area contributed by atoms with Crippen LogP contribution in [0.1, 0.15) is 6.92 Å². The van der Waals surface area contributed by atoms with Crippen LogP contribution in [0.2, 0.25) is 0 Å². The van der Waals surface area contributed by atoms with Gasteiger partial charge in [-0.15, -0.1) is 0 Å². The summed E-state index contributed by atoms with van der Waals surface area (Å²) in [6.07, 6.45) is 0.711. The highest BCUT2D eigenvalue weighted by Crippen LogP contribution is 2.22. The van der Waals surface area contributed by atoms with E-state index in [1.807, 2.05) is 0 Å². The molecular weight excluding hydrogens is 238 g/mol. The van der Waals surface area contributed by atoms with Gasteiger partial charge < -0.3 is 9.84 Å². The monoisotopic (exact) mass is 245 g/mol. The number of rotatable bonds is 3. The normalized spacial score (nSPS) is 12.2. The molecule has 0 saturated carbocycles. The molecule has 70 valence electrons. The van der Waals surface area contributed by atoms with Crippen LogP contribution in [-0.2, 0) is 4.79 Å². The van der Waals surface area contributed by atoms with E-state index < -0.39 is 12.1 Å². The minimum Gasteiger partial charge on any atom is -0.479 e. The first-order chi connectivity index (χ1) is 6.11. The first-order valence-corrected chi connectivity index (χ1v) is 4.40. The third kappa shape index (κ3) is 2.69. The lowest BCUT2D eigenvalue weighted by molar-refractivity contribution is -0.144. The molecule has 1 heterocycles. The van der Waals surface area contributed by atoms with Crippen molar-refractivity contribution in [1.82, 2.24) is 4.98 Å². The Hall–Kier alpha value is -1.10. The molecule has 0 spiro atoms. The number of carboxylic acid groups (broad SMARTS) is 1. The van der Waals surface area contributed by atoms with E-state index in [0.717, 1.165) is 0 Å². The molecule has 0 aliphatic rings. The topological polar surface area (TPSA) is 59.4 Å². The average molecular weight is 246 g/mol. The molecule has 1 aromatic rings. The van der Waals surface area contributed by atoms with Gasteiger partial charge in [0.15, 0.2) is 11.9 Å². The minimum atomic E-state index is -1.00. The number of nitrogens with zero attached hydrogens (tertiary/aromatic N) is 1. The summed E-state index contributed by atoms with van der Waals surface area (Å²) in [4.78, 5) is 14.3. The van der Waals surface area contributed by atoms with Gasteiger partial charge in [-0.25, -0.2) is 9.78 Å². The molecule has 0 saturated heterocycles. The van der Waals surface area contributed by atoms with Gasteiger partial charge in [0, 0.05) is 6.20 Å². The molecule has 0 fully saturated rings. The van der Waals surface area contributed by atoms with Crippen molar-refractivity contribution < 1.29 is 14.6 Å². The van der Waals surface area contributed by atoms with Gasteiger partial charge in [-0.05, 0) is 35.0 Å². The Bertz CT molecular complexity index is 316. The van der Waals surface area contributed by atoms with Crippen molar-refractivity contribution >= 4 is 21.9 Å². The van der Waals surface area contributed by atoms with Crippen LogP contribution < -0.4 is 4.74 Å². The minimum absolute atomic E-state index is 0.428. The molecular formula is C8H8BrNO3. The Morgan fingerprint density at radius 1 is 1.77 bits per heavy atom. The number of carboxylic acids is 1. The van der Waals surface area contributed by atoms with Gasteiger partial charge in [0.05, 0.1) is 0 Å². The standard InChI is InChI=1S/C8H8BrNO3/c1-5(8(11)12)13-6-3-2-4-10-7(6)9/h2-5H,1H3,(H,11,12). The lowest BCUT2D eigenvalue weighted by atomic mass is 10.4. The maximum absolute atomic E-state index is 10.5. The maximum atomic E-state index is 10.5. The largest absolute Gasteiger partial charge is 0.479 e. The number of halogens is 1. The maximum Gasteiger partial charge on any atom is 0.344 e. The Morgan fingerprint density at radius 2 is 2.46 bits per heavy atom. The van der Waals surface area contributed by atoms with Crippen LogP contribution in [0.25, 0.3) is 0 Å². The second-order valence-electron chi connectivity index (χ2n) is 2.39. The lowest BCUT2D eigenvalue weighted by Gasteiger charge is -2.10. The molecule has 1 N–H and O–H groups in total. The van der Waals surface area contributed by atoms with Crippen LogP contribution in [0, 0.1) is 0 Å². The second kappa shape index (κ2) is 4.23. The number of aliphatic carboxylic acids is 1. The molecule has 1 unspecified atom stereocenters. The summed E-state index contributed by atoms with van der Waals surface area (Å²) < 4.78 is 5.60. The number of ether oxygens (including phenoxy) is 1. The van der Waals surface area contributed by atoms with Crippen LogP contribution in [0.3, 0.4) is 0 Å². The highest BCUT2D eigenvalue weighted by atomic mass is 79.9. The van der Waals surface area contributed by atoms with E-state index in [9.17, 15) is 4.79 Å². The Balaban J connectivity index is 2.74. The summed E-state index contributed by atoms with van der Waals surface area (Å²) in [6.45, 7) is 1.46. The Kier molecular flexibility index (Phi) is 3.25. The first-order valence-electron chi connectivity index (χ1n) is 3.61. The fourth-order valence-corrected chi connectivity index (χ4v) is 1.04. The van der Waals surface area contributed by atoms with Gasteiger partial charge in [-0.1, -0.05) is 0 Å². The highest BCUT2D eigenvalue weighted by molar-refractivity contribution is 9.10.